The van der Waals surface area contributed by atoms with E-state index in [1.54, 1.807) is 12.1 Å². The quantitative estimate of drug-likeness (QED) is 0.486. The highest BCUT2D eigenvalue weighted by atomic mass is 19.4. The van der Waals surface area contributed by atoms with Gasteiger partial charge in [-0.3, -0.25) is 0 Å². The molecule has 4 aliphatic carbocycles. The van der Waals surface area contributed by atoms with Crippen molar-refractivity contribution in [2.75, 3.05) is 0 Å². The third-order valence-corrected chi connectivity index (χ3v) is 8.11. The Hall–Kier alpha value is -2.02. The zero-order valence-corrected chi connectivity index (χ0v) is 17.9. The Morgan fingerprint density at radius 2 is 1.81 bits per heavy atom. The van der Waals surface area contributed by atoms with Gasteiger partial charge in [0.2, 0.25) is 0 Å². The SMILES string of the molecule is FC(F)(F)Oc1ccccc1-c1noc(C2CC2)c1CO[C@@H]1CC[C@H]2CC3C[C@@H](CC32)C1. The molecule has 2 bridgehead atoms. The summed E-state index contributed by atoms with van der Waals surface area (Å²) in [5.74, 6) is 4.31. The maximum atomic E-state index is 13.0. The van der Waals surface area contributed by atoms with Crippen molar-refractivity contribution in [3.05, 3.63) is 35.6 Å². The Morgan fingerprint density at radius 1 is 0.969 bits per heavy atom. The molecular weight excluding hydrogens is 419 g/mol. The van der Waals surface area contributed by atoms with Gasteiger partial charge in [0.25, 0.3) is 0 Å². The summed E-state index contributed by atoms with van der Waals surface area (Å²) in [5.41, 5.74) is 1.47. The van der Waals surface area contributed by atoms with Crippen molar-refractivity contribution >= 4 is 0 Å². The first kappa shape index (κ1) is 20.6. The number of halogens is 3. The van der Waals surface area contributed by atoms with E-state index in [0.29, 0.717) is 12.3 Å². The van der Waals surface area contributed by atoms with Crippen LogP contribution in [-0.4, -0.2) is 17.6 Å². The van der Waals surface area contributed by atoms with Crippen LogP contribution in [0.3, 0.4) is 0 Å². The molecule has 2 unspecified atom stereocenters. The molecule has 0 N–H and O–H groups in total. The normalized spacial score (nSPS) is 31.7. The highest BCUT2D eigenvalue weighted by molar-refractivity contribution is 5.70. The van der Waals surface area contributed by atoms with Gasteiger partial charge in [0.15, 0.2) is 0 Å². The fraction of sp³-hybridized carbons (Fsp3) is 0.640. The van der Waals surface area contributed by atoms with Gasteiger partial charge in [-0.15, -0.1) is 13.2 Å². The van der Waals surface area contributed by atoms with Crippen LogP contribution in [0, 0.1) is 23.7 Å². The largest absolute Gasteiger partial charge is 0.573 e. The summed E-state index contributed by atoms with van der Waals surface area (Å²) < 4.78 is 55.3. The van der Waals surface area contributed by atoms with Crippen LogP contribution in [0.4, 0.5) is 13.2 Å². The van der Waals surface area contributed by atoms with E-state index in [0.717, 1.165) is 60.7 Å². The van der Waals surface area contributed by atoms with Crippen LogP contribution >= 0.6 is 0 Å². The van der Waals surface area contributed by atoms with E-state index in [1.165, 1.54) is 37.8 Å². The molecule has 2 aromatic rings. The fourth-order valence-corrected chi connectivity index (χ4v) is 6.47. The van der Waals surface area contributed by atoms with E-state index in [4.69, 9.17) is 9.26 Å². The van der Waals surface area contributed by atoms with E-state index >= 15 is 0 Å². The second kappa shape index (κ2) is 7.79. The van der Waals surface area contributed by atoms with Gasteiger partial charge in [0, 0.05) is 17.0 Å². The average Bonchev–Trinajstić information content (AvgIpc) is 3.37. The van der Waals surface area contributed by atoms with Crippen molar-refractivity contribution in [1.29, 1.82) is 0 Å². The Balaban J connectivity index is 1.24. The molecule has 1 heterocycles. The average molecular weight is 447 g/mol. The topological polar surface area (TPSA) is 44.5 Å². The summed E-state index contributed by atoms with van der Waals surface area (Å²) in [4.78, 5) is 0. The summed E-state index contributed by atoms with van der Waals surface area (Å²) in [7, 11) is 0. The number of ether oxygens (including phenoxy) is 2. The molecule has 4 fully saturated rings. The van der Waals surface area contributed by atoms with Crippen LogP contribution < -0.4 is 4.74 Å². The smallest absolute Gasteiger partial charge is 0.405 e. The lowest BCUT2D eigenvalue weighted by Gasteiger charge is -2.41. The van der Waals surface area contributed by atoms with Gasteiger partial charge in [-0.2, -0.15) is 0 Å². The minimum absolute atomic E-state index is 0.191. The summed E-state index contributed by atoms with van der Waals surface area (Å²) in [5, 5.41) is 4.19. The first-order valence-electron chi connectivity index (χ1n) is 11.9. The lowest BCUT2D eigenvalue weighted by molar-refractivity contribution is -0.274. The second-order valence-electron chi connectivity index (χ2n) is 10.2. The van der Waals surface area contributed by atoms with Crippen LogP contribution in [0.2, 0.25) is 0 Å². The standard InChI is InChI=1S/C25H28F3NO3/c26-25(27,28)31-22-4-2-1-3-19(22)23-21(24(32-29-23)15-5-6-15)13-30-18-8-7-16-12-17-9-14(10-18)11-20(16)17/h1-4,14-18,20H,5-13H2/t14-,16+,17?,18-,20?/m1/s1. The Kier molecular flexibility index (Phi) is 5.01. The molecule has 0 spiro atoms. The maximum Gasteiger partial charge on any atom is 0.573 e. The van der Waals surface area contributed by atoms with Crippen molar-refractivity contribution in [3.63, 3.8) is 0 Å². The molecule has 172 valence electrons. The lowest BCUT2D eigenvalue weighted by atomic mass is 9.64. The number of nitrogens with zero attached hydrogens (tertiary/aromatic N) is 1. The van der Waals surface area contributed by atoms with Gasteiger partial charge in [0.05, 0.1) is 12.7 Å². The summed E-state index contributed by atoms with van der Waals surface area (Å²) in [6, 6.07) is 6.13. The monoisotopic (exact) mass is 447 g/mol. The predicted octanol–water partition coefficient (Wildman–Crippen LogP) is 6.85. The number of fused-ring (bicyclic) bond motifs is 1. The first-order chi connectivity index (χ1) is 15.4. The summed E-state index contributed by atoms with van der Waals surface area (Å²) >= 11 is 0. The molecule has 0 amide bonds. The molecule has 1 aromatic heterocycles. The first-order valence-corrected chi connectivity index (χ1v) is 11.9. The van der Waals surface area contributed by atoms with Gasteiger partial charge >= 0.3 is 6.36 Å². The Morgan fingerprint density at radius 3 is 2.62 bits per heavy atom. The number of alkyl halides is 3. The minimum Gasteiger partial charge on any atom is -0.405 e. The number of benzene rings is 1. The van der Waals surface area contributed by atoms with Gasteiger partial charge in [-0.1, -0.05) is 17.3 Å². The maximum absolute atomic E-state index is 13.0. The van der Waals surface area contributed by atoms with E-state index in [2.05, 4.69) is 9.89 Å². The highest BCUT2D eigenvalue weighted by Crippen LogP contribution is 2.57. The molecule has 4 saturated carbocycles. The molecule has 4 aliphatic rings. The zero-order chi connectivity index (χ0) is 21.9. The van der Waals surface area contributed by atoms with Crippen LogP contribution in [0.25, 0.3) is 11.3 Å². The molecule has 32 heavy (non-hydrogen) atoms. The number of aromatic nitrogens is 1. The molecular formula is C25H28F3NO3. The molecule has 1 aromatic carbocycles. The third-order valence-electron chi connectivity index (χ3n) is 8.11. The molecule has 4 nitrogen and oxygen atoms in total. The van der Waals surface area contributed by atoms with Crippen LogP contribution in [0.1, 0.15) is 68.6 Å². The van der Waals surface area contributed by atoms with Crippen molar-refractivity contribution < 1.29 is 27.2 Å². The zero-order valence-electron chi connectivity index (χ0n) is 17.9. The van der Waals surface area contributed by atoms with E-state index in [9.17, 15) is 13.2 Å². The fourth-order valence-electron chi connectivity index (χ4n) is 6.47. The molecule has 0 radical (unpaired) electrons. The van der Waals surface area contributed by atoms with Gasteiger partial charge in [0.1, 0.15) is 17.2 Å². The van der Waals surface area contributed by atoms with E-state index in [1.807, 2.05) is 0 Å². The number of hydrogen-bond donors (Lipinski definition) is 0. The lowest BCUT2D eigenvalue weighted by Crippen LogP contribution is -2.33. The summed E-state index contributed by atoms with van der Waals surface area (Å²) in [6.07, 6.45) is 4.92. The summed E-state index contributed by atoms with van der Waals surface area (Å²) in [6.45, 7) is 0.319. The molecule has 0 aliphatic heterocycles. The van der Waals surface area contributed by atoms with Crippen molar-refractivity contribution in [3.8, 4) is 17.0 Å². The van der Waals surface area contributed by atoms with E-state index < -0.39 is 6.36 Å². The third kappa shape index (κ3) is 3.93. The Bertz CT molecular complexity index is 983. The van der Waals surface area contributed by atoms with Crippen molar-refractivity contribution in [2.45, 2.75) is 76.4 Å². The van der Waals surface area contributed by atoms with Crippen molar-refractivity contribution in [1.82, 2.24) is 5.16 Å². The van der Waals surface area contributed by atoms with Gasteiger partial charge in [-0.05, 0) is 87.2 Å². The van der Waals surface area contributed by atoms with Gasteiger partial charge in [-0.25, -0.2) is 0 Å². The van der Waals surface area contributed by atoms with E-state index in [-0.39, 0.29) is 23.3 Å². The second-order valence-corrected chi connectivity index (χ2v) is 10.2. The molecule has 5 atom stereocenters. The van der Waals surface area contributed by atoms with Crippen LogP contribution in [0.5, 0.6) is 5.75 Å². The van der Waals surface area contributed by atoms with Gasteiger partial charge < -0.3 is 14.0 Å². The minimum atomic E-state index is -4.77. The van der Waals surface area contributed by atoms with Crippen molar-refractivity contribution in [2.24, 2.45) is 23.7 Å². The molecule has 6 rings (SSSR count). The molecule has 0 saturated heterocycles. The molecule has 7 heteroatoms. The predicted molar refractivity (Wildman–Crippen MR) is 111 cm³/mol. The van der Waals surface area contributed by atoms with Crippen LogP contribution in [-0.2, 0) is 11.3 Å². The Labute approximate surface area is 185 Å². The number of rotatable bonds is 6. The highest BCUT2D eigenvalue weighted by Gasteiger charge is 2.49. The number of para-hydroxylation sites is 1. The van der Waals surface area contributed by atoms with Crippen LogP contribution in [0.15, 0.2) is 28.8 Å². The number of hydrogen-bond acceptors (Lipinski definition) is 4.